The normalized spacial score (nSPS) is 11.6. The summed E-state index contributed by atoms with van der Waals surface area (Å²) in [5.41, 5.74) is 4.56. The second-order valence-corrected chi connectivity index (χ2v) is 12.5. The van der Waals surface area contributed by atoms with Gasteiger partial charge < -0.3 is 10.2 Å². The molecule has 0 saturated heterocycles. The van der Waals surface area contributed by atoms with Crippen molar-refractivity contribution in [3.05, 3.63) is 118 Å². The molecule has 0 aliphatic rings. The van der Waals surface area contributed by atoms with Crippen molar-refractivity contribution in [3.63, 3.8) is 0 Å². The van der Waals surface area contributed by atoms with E-state index in [0.29, 0.717) is 21.6 Å². The molecular formula is C33H23FN2O4S2. The third-order valence-electron chi connectivity index (χ3n) is 7.17. The smallest absolute Gasteiger partial charge is 0.268 e. The molecule has 6 nitrogen and oxygen atoms in total. The second kappa shape index (κ2) is 10.6. The summed E-state index contributed by atoms with van der Waals surface area (Å²) in [5.74, 6) is -1.29. The number of fused-ring (bicyclic) bond motifs is 1. The van der Waals surface area contributed by atoms with E-state index >= 15 is 0 Å². The van der Waals surface area contributed by atoms with Crippen molar-refractivity contribution in [2.24, 2.45) is 0 Å². The Morgan fingerprint density at radius 2 is 1.64 bits per heavy atom. The molecule has 0 bridgehead atoms. The first kappa shape index (κ1) is 27.4. The fourth-order valence-electron chi connectivity index (χ4n) is 5.16. The first-order valence-electron chi connectivity index (χ1n) is 12.9. The molecule has 0 radical (unpaired) electrons. The number of hydrogen-bond donors (Lipinski definition) is 2. The van der Waals surface area contributed by atoms with Crippen LogP contribution in [0.4, 0.5) is 4.39 Å². The molecule has 2 aromatic heterocycles. The summed E-state index contributed by atoms with van der Waals surface area (Å²) >= 11 is 1.19. The van der Waals surface area contributed by atoms with Gasteiger partial charge in [-0.15, -0.1) is 11.3 Å². The second-order valence-electron chi connectivity index (χ2n) is 9.84. The van der Waals surface area contributed by atoms with Gasteiger partial charge in [-0.05, 0) is 59.3 Å². The standard InChI is InChI=1S/C33H23FN2O4S2/c1-20-5-11-26(12-6-20)42(39,40)36-32(24-4-2-3-23(15-24)22-9-7-21(19-37)8-10-22)31(27-13-14-41-30(27)18-35)28-16-25(34)17-29(38)33(28)36/h2-17,37-38H,19H2,1H3. The van der Waals surface area contributed by atoms with Gasteiger partial charge in [-0.2, -0.15) is 5.26 Å². The van der Waals surface area contributed by atoms with Crippen LogP contribution in [-0.4, -0.2) is 22.6 Å². The van der Waals surface area contributed by atoms with Crippen molar-refractivity contribution >= 4 is 32.3 Å². The Bertz CT molecular complexity index is 2120. The first-order valence-corrected chi connectivity index (χ1v) is 15.2. The molecule has 9 heteroatoms. The fourth-order valence-corrected chi connectivity index (χ4v) is 7.41. The minimum absolute atomic E-state index is 0.0110. The highest BCUT2D eigenvalue weighted by atomic mass is 32.2. The monoisotopic (exact) mass is 594 g/mol. The molecule has 0 aliphatic carbocycles. The van der Waals surface area contributed by atoms with Crippen LogP contribution in [0, 0.1) is 24.1 Å². The molecule has 42 heavy (non-hydrogen) atoms. The number of rotatable bonds is 6. The van der Waals surface area contributed by atoms with Crippen LogP contribution in [-0.2, 0) is 16.6 Å². The predicted molar refractivity (Wildman–Crippen MR) is 162 cm³/mol. The lowest BCUT2D eigenvalue weighted by atomic mass is 9.96. The van der Waals surface area contributed by atoms with Gasteiger partial charge in [-0.25, -0.2) is 16.8 Å². The van der Waals surface area contributed by atoms with Crippen LogP contribution in [0.5, 0.6) is 5.75 Å². The zero-order valence-electron chi connectivity index (χ0n) is 22.2. The molecule has 208 valence electrons. The zero-order valence-corrected chi connectivity index (χ0v) is 23.9. The lowest BCUT2D eigenvalue weighted by Gasteiger charge is -2.15. The molecule has 0 amide bonds. The van der Waals surface area contributed by atoms with E-state index < -0.39 is 21.6 Å². The molecule has 6 rings (SSSR count). The van der Waals surface area contributed by atoms with E-state index in [2.05, 4.69) is 6.07 Å². The van der Waals surface area contributed by atoms with Gasteiger partial charge in [-0.1, -0.05) is 60.2 Å². The number of nitriles is 1. The molecule has 4 aromatic carbocycles. The van der Waals surface area contributed by atoms with E-state index in [1.54, 1.807) is 47.8 Å². The molecular weight excluding hydrogens is 572 g/mol. The average molecular weight is 595 g/mol. The Morgan fingerprint density at radius 1 is 0.929 bits per heavy atom. The van der Waals surface area contributed by atoms with E-state index in [-0.39, 0.29) is 28.1 Å². The molecule has 2 heterocycles. The summed E-state index contributed by atoms with van der Waals surface area (Å²) in [6.45, 7) is 1.75. The van der Waals surface area contributed by atoms with Crippen molar-refractivity contribution < 1.29 is 23.0 Å². The van der Waals surface area contributed by atoms with E-state index in [1.807, 2.05) is 31.2 Å². The van der Waals surface area contributed by atoms with Crippen LogP contribution in [0.3, 0.4) is 0 Å². The summed E-state index contributed by atoms with van der Waals surface area (Å²) < 4.78 is 44.8. The Hall–Kier alpha value is -4.75. The van der Waals surface area contributed by atoms with Gasteiger partial charge >= 0.3 is 0 Å². The van der Waals surface area contributed by atoms with E-state index in [1.165, 1.54) is 29.5 Å². The van der Waals surface area contributed by atoms with Crippen molar-refractivity contribution in [2.45, 2.75) is 18.4 Å². The number of aromatic hydroxyl groups is 1. The number of aryl methyl sites for hydroxylation is 1. The van der Waals surface area contributed by atoms with Crippen LogP contribution in [0.25, 0.3) is 44.4 Å². The van der Waals surface area contributed by atoms with Gasteiger partial charge in [-0.3, -0.25) is 0 Å². The zero-order chi connectivity index (χ0) is 29.6. The molecule has 0 fully saturated rings. The number of halogens is 1. The molecule has 2 N–H and O–H groups in total. The summed E-state index contributed by atoms with van der Waals surface area (Å²) in [6, 6.07) is 26.8. The summed E-state index contributed by atoms with van der Waals surface area (Å²) in [7, 11) is -4.35. The summed E-state index contributed by atoms with van der Waals surface area (Å²) in [4.78, 5) is 0.311. The quantitative estimate of drug-likeness (QED) is 0.208. The van der Waals surface area contributed by atoms with Gasteiger partial charge in [0, 0.05) is 28.1 Å². The van der Waals surface area contributed by atoms with Crippen LogP contribution in [0.15, 0.2) is 101 Å². The van der Waals surface area contributed by atoms with Crippen LogP contribution >= 0.6 is 11.3 Å². The minimum atomic E-state index is -4.35. The van der Waals surface area contributed by atoms with Gasteiger partial charge in [0.15, 0.2) is 0 Å². The average Bonchev–Trinajstić information content (AvgIpc) is 3.60. The van der Waals surface area contributed by atoms with E-state index in [9.17, 15) is 28.3 Å². The van der Waals surface area contributed by atoms with Crippen molar-refractivity contribution in [1.29, 1.82) is 5.26 Å². The van der Waals surface area contributed by atoms with E-state index in [4.69, 9.17) is 0 Å². The number of phenols is 1. The maximum absolute atomic E-state index is 14.9. The van der Waals surface area contributed by atoms with Gasteiger partial charge in [0.05, 0.1) is 17.2 Å². The lowest BCUT2D eigenvalue weighted by Crippen LogP contribution is -2.14. The third kappa shape index (κ3) is 4.56. The molecule has 0 atom stereocenters. The van der Waals surface area contributed by atoms with Crippen LogP contribution in [0.1, 0.15) is 16.0 Å². The fraction of sp³-hybridized carbons (Fsp3) is 0.0606. The van der Waals surface area contributed by atoms with Gasteiger partial charge in [0.1, 0.15) is 28.0 Å². The maximum Gasteiger partial charge on any atom is 0.268 e. The maximum atomic E-state index is 14.9. The molecule has 0 saturated carbocycles. The highest BCUT2D eigenvalue weighted by molar-refractivity contribution is 7.90. The van der Waals surface area contributed by atoms with Crippen LogP contribution < -0.4 is 0 Å². The SMILES string of the molecule is Cc1ccc(S(=O)(=O)n2c(-c3cccc(-c4ccc(CO)cc4)c3)c(-c3ccsc3C#N)c3cc(F)cc(O)c32)cc1. The number of aliphatic hydroxyl groups is 1. The summed E-state index contributed by atoms with van der Waals surface area (Å²) in [6.07, 6.45) is 0. The molecule has 0 spiro atoms. The minimum Gasteiger partial charge on any atom is -0.506 e. The highest BCUT2D eigenvalue weighted by Gasteiger charge is 2.32. The van der Waals surface area contributed by atoms with E-state index in [0.717, 1.165) is 32.3 Å². The molecule has 0 unspecified atom stereocenters. The topological polar surface area (TPSA) is 103 Å². The van der Waals surface area contributed by atoms with Gasteiger partial charge in [0.2, 0.25) is 0 Å². The number of thiophene rings is 1. The Labute approximate surface area is 245 Å². The Balaban J connectivity index is 1.76. The number of nitrogens with zero attached hydrogens (tertiary/aromatic N) is 2. The number of phenolic OH excluding ortho intramolecular Hbond substituents is 1. The molecule has 0 aliphatic heterocycles. The number of aromatic nitrogens is 1. The number of aliphatic hydroxyl groups excluding tert-OH is 1. The number of benzene rings is 4. The predicted octanol–water partition coefficient (Wildman–Crippen LogP) is 7.46. The summed E-state index contributed by atoms with van der Waals surface area (Å²) in [5, 5.41) is 32.3. The third-order valence-corrected chi connectivity index (χ3v) is 9.70. The lowest BCUT2D eigenvalue weighted by molar-refractivity contribution is 0.282. The number of hydrogen-bond acceptors (Lipinski definition) is 6. The first-order chi connectivity index (χ1) is 20.2. The van der Waals surface area contributed by atoms with Crippen molar-refractivity contribution in [1.82, 2.24) is 3.97 Å². The largest absolute Gasteiger partial charge is 0.506 e. The molecule has 6 aromatic rings. The van der Waals surface area contributed by atoms with Crippen molar-refractivity contribution in [3.8, 4) is 45.3 Å². The Kier molecular flexibility index (Phi) is 6.91. The van der Waals surface area contributed by atoms with Gasteiger partial charge in [0.25, 0.3) is 10.0 Å². The van der Waals surface area contributed by atoms with Crippen LogP contribution in [0.2, 0.25) is 0 Å². The van der Waals surface area contributed by atoms with Crippen molar-refractivity contribution in [2.75, 3.05) is 0 Å². The highest BCUT2D eigenvalue weighted by Crippen LogP contribution is 2.48. The Morgan fingerprint density at radius 3 is 2.33 bits per heavy atom.